The van der Waals surface area contributed by atoms with E-state index in [1.807, 2.05) is 0 Å². The van der Waals surface area contributed by atoms with Crippen LogP contribution in [0.1, 0.15) is 52.9 Å². The molecule has 3 aliphatic rings. The first kappa shape index (κ1) is 11.6. The van der Waals surface area contributed by atoms with Crippen LogP contribution in [-0.4, -0.2) is 11.1 Å². The lowest BCUT2D eigenvalue weighted by Crippen LogP contribution is -2.50. The molecule has 0 aromatic heterocycles. The highest BCUT2D eigenvalue weighted by molar-refractivity contribution is 5.72. The number of carboxylic acid groups (broad SMARTS) is 1. The fraction of sp³-hybridized carbons (Fsp3) is 0.933. The van der Waals surface area contributed by atoms with Gasteiger partial charge in [-0.1, -0.05) is 20.8 Å². The zero-order chi connectivity index (χ0) is 12.4. The zero-order valence-corrected chi connectivity index (χ0v) is 11.2. The summed E-state index contributed by atoms with van der Waals surface area (Å²) in [5.74, 6) is 1.25. The summed E-state index contributed by atoms with van der Waals surface area (Å²) in [6.45, 7) is 6.85. The molecule has 1 N–H and O–H groups in total. The number of carboxylic acids is 1. The van der Waals surface area contributed by atoms with Crippen molar-refractivity contribution in [1.29, 1.82) is 0 Å². The van der Waals surface area contributed by atoms with Gasteiger partial charge >= 0.3 is 5.97 Å². The fourth-order valence-corrected chi connectivity index (χ4v) is 5.99. The lowest BCUT2D eigenvalue weighted by Gasteiger charge is -2.52. The van der Waals surface area contributed by atoms with Crippen LogP contribution in [0.5, 0.6) is 0 Å². The number of fused-ring (bicyclic) bond motifs is 1. The van der Waals surface area contributed by atoms with E-state index >= 15 is 0 Å². The molecule has 3 rings (SSSR count). The van der Waals surface area contributed by atoms with Gasteiger partial charge < -0.3 is 5.11 Å². The lowest BCUT2D eigenvalue weighted by molar-refractivity contribution is -0.157. The first-order valence-electron chi connectivity index (χ1n) is 7.12. The summed E-state index contributed by atoms with van der Waals surface area (Å²) in [5.41, 5.74) is 0.496. The van der Waals surface area contributed by atoms with Gasteiger partial charge in [0.25, 0.3) is 0 Å². The monoisotopic (exact) mass is 236 g/mol. The van der Waals surface area contributed by atoms with Crippen LogP contribution in [0.4, 0.5) is 0 Å². The standard InChI is InChI=1S/C15H24O2/c1-9-4-5-11-14(2,3)12(13(16)17)10-6-7-15(9,11)8-10/h9-12H,4-8H2,1-3H3,(H,16,17)/t9-,10+,11+,12-,15-/m0/s1. The summed E-state index contributed by atoms with van der Waals surface area (Å²) in [6.07, 6.45) is 6.20. The van der Waals surface area contributed by atoms with Crippen molar-refractivity contribution in [2.75, 3.05) is 0 Å². The summed E-state index contributed by atoms with van der Waals surface area (Å²) in [6, 6.07) is 0. The minimum Gasteiger partial charge on any atom is -0.481 e. The van der Waals surface area contributed by atoms with Gasteiger partial charge in [-0.05, 0) is 60.7 Å². The second kappa shape index (κ2) is 3.27. The van der Waals surface area contributed by atoms with E-state index in [1.165, 1.54) is 25.7 Å². The van der Waals surface area contributed by atoms with E-state index in [9.17, 15) is 9.90 Å². The van der Waals surface area contributed by atoms with Crippen molar-refractivity contribution >= 4 is 5.97 Å². The molecular weight excluding hydrogens is 212 g/mol. The minimum atomic E-state index is -0.546. The van der Waals surface area contributed by atoms with Gasteiger partial charge in [-0.2, -0.15) is 0 Å². The van der Waals surface area contributed by atoms with Gasteiger partial charge in [0.15, 0.2) is 0 Å². The third kappa shape index (κ3) is 1.25. The summed E-state index contributed by atoms with van der Waals surface area (Å²) in [5, 5.41) is 9.58. The Kier molecular flexibility index (Phi) is 2.22. The molecule has 0 amide bonds. The Morgan fingerprint density at radius 2 is 1.94 bits per heavy atom. The van der Waals surface area contributed by atoms with Crippen LogP contribution in [0.3, 0.4) is 0 Å². The average Bonchev–Trinajstić information content (AvgIpc) is 2.72. The molecule has 0 aliphatic heterocycles. The van der Waals surface area contributed by atoms with Gasteiger partial charge in [0, 0.05) is 0 Å². The van der Waals surface area contributed by atoms with Gasteiger partial charge in [0.1, 0.15) is 0 Å². The van der Waals surface area contributed by atoms with Gasteiger partial charge in [0.05, 0.1) is 5.92 Å². The smallest absolute Gasteiger partial charge is 0.307 e. The Hall–Kier alpha value is -0.530. The molecule has 0 heterocycles. The van der Waals surface area contributed by atoms with E-state index in [0.29, 0.717) is 17.3 Å². The molecule has 2 bridgehead atoms. The number of hydrogen-bond acceptors (Lipinski definition) is 1. The van der Waals surface area contributed by atoms with Crippen molar-refractivity contribution in [3.05, 3.63) is 0 Å². The Labute approximate surface area is 104 Å². The molecule has 5 atom stereocenters. The summed E-state index contributed by atoms with van der Waals surface area (Å²) >= 11 is 0. The predicted molar refractivity (Wildman–Crippen MR) is 66.6 cm³/mol. The Balaban J connectivity index is 2.06. The number of hydrogen-bond donors (Lipinski definition) is 1. The van der Waals surface area contributed by atoms with E-state index in [0.717, 1.165) is 12.3 Å². The third-order valence-electron chi connectivity index (χ3n) is 6.62. The van der Waals surface area contributed by atoms with Crippen molar-refractivity contribution in [2.45, 2.75) is 52.9 Å². The molecule has 3 aliphatic carbocycles. The Morgan fingerprint density at radius 3 is 2.59 bits per heavy atom. The molecule has 0 unspecified atom stereocenters. The van der Waals surface area contributed by atoms with Gasteiger partial charge in [-0.15, -0.1) is 0 Å². The van der Waals surface area contributed by atoms with Crippen LogP contribution in [0.25, 0.3) is 0 Å². The van der Waals surface area contributed by atoms with Crippen LogP contribution >= 0.6 is 0 Å². The molecule has 17 heavy (non-hydrogen) atoms. The maximum atomic E-state index is 11.6. The molecule has 0 saturated heterocycles. The van der Waals surface area contributed by atoms with Crippen molar-refractivity contribution in [2.24, 2.45) is 34.5 Å². The molecule has 3 fully saturated rings. The largest absolute Gasteiger partial charge is 0.481 e. The van der Waals surface area contributed by atoms with E-state index in [4.69, 9.17) is 0 Å². The van der Waals surface area contributed by atoms with E-state index < -0.39 is 5.97 Å². The van der Waals surface area contributed by atoms with Crippen LogP contribution in [-0.2, 0) is 4.79 Å². The average molecular weight is 236 g/mol. The molecular formula is C15H24O2. The Morgan fingerprint density at radius 1 is 1.24 bits per heavy atom. The highest BCUT2D eigenvalue weighted by atomic mass is 16.4. The number of carbonyl (C=O) groups is 1. The maximum absolute atomic E-state index is 11.6. The van der Waals surface area contributed by atoms with Gasteiger partial charge in [0.2, 0.25) is 0 Å². The van der Waals surface area contributed by atoms with Crippen LogP contribution < -0.4 is 0 Å². The number of rotatable bonds is 1. The second-order valence-electron chi connectivity index (χ2n) is 7.40. The Bertz CT molecular complexity index is 360. The lowest BCUT2D eigenvalue weighted by atomic mass is 9.52. The zero-order valence-electron chi connectivity index (χ0n) is 11.2. The molecule has 96 valence electrons. The molecule has 0 radical (unpaired) electrons. The molecule has 0 aromatic rings. The third-order valence-corrected chi connectivity index (χ3v) is 6.62. The van der Waals surface area contributed by atoms with Crippen molar-refractivity contribution in [3.63, 3.8) is 0 Å². The van der Waals surface area contributed by atoms with Crippen molar-refractivity contribution < 1.29 is 9.90 Å². The van der Waals surface area contributed by atoms with Crippen LogP contribution in [0.15, 0.2) is 0 Å². The summed E-state index contributed by atoms with van der Waals surface area (Å²) in [7, 11) is 0. The normalized spacial score (nSPS) is 51.2. The topological polar surface area (TPSA) is 37.3 Å². The van der Waals surface area contributed by atoms with Crippen LogP contribution in [0, 0.1) is 34.5 Å². The van der Waals surface area contributed by atoms with E-state index in [-0.39, 0.29) is 11.3 Å². The summed E-state index contributed by atoms with van der Waals surface area (Å²) < 4.78 is 0. The maximum Gasteiger partial charge on any atom is 0.307 e. The quantitative estimate of drug-likeness (QED) is 0.756. The van der Waals surface area contributed by atoms with Gasteiger partial charge in [-0.25, -0.2) is 0 Å². The molecule has 0 aromatic carbocycles. The van der Waals surface area contributed by atoms with Crippen molar-refractivity contribution in [3.8, 4) is 0 Å². The molecule has 2 nitrogen and oxygen atoms in total. The fourth-order valence-electron chi connectivity index (χ4n) is 5.99. The predicted octanol–water partition coefficient (Wildman–Crippen LogP) is 3.56. The molecule has 1 spiro atoms. The summed E-state index contributed by atoms with van der Waals surface area (Å²) in [4.78, 5) is 11.6. The van der Waals surface area contributed by atoms with E-state index in [1.54, 1.807) is 0 Å². The first-order chi connectivity index (χ1) is 7.89. The van der Waals surface area contributed by atoms with Crippen molar-refractivity contribution in [1.82, 2.24) is 0 Å². The first-order valence-corrected chi connectivity index (χ1v) is 7.12. The SMILES string of the molecule is C[C@H]1CC[C@@H]2C(C)(C)[C@H](C(=O)O)[C@@H]3CC[C@@]21C3. The number of aliphatic carboxylic acids is 1. The van der Waals surface area contributed by atoms with Gasteiger partial charge in [-0.3, -0.25) is 4.79 Å². The second-order valence-corrected chi connectivity index (χ2v) is 7.40. The van der Waals surface area contributed by atoms with Crippen LogP contribution in [0.2, 0.25) is 0 Å². The highest BCUT2D eigenvalue weighted by Crippen LogP contribution is 2.70. The minimum absolute atomic E-state index is 0.00396. The molecule has 3 saturated carbocycles. The van der Waals surface area contributed by atoms with E-state index in [2.05, 4.69) is 20.8 Å². The molecule has 2 heteroatoms. The highest BCUT2D eigenvalue weighted by Gasteiger charge is 2.65.